The maximum Gasteiger partial charge on any atom is 0.113 e. The van der Waals surface area contributed by atoms with E-state index in [1.165, 1.54) is 17.0 Å². The van der Waals surface area contributed by atoms with E-state index in [2.05, 4.69) is 18.8 Å². The number of aryl methyl sites for hydroxylation is 2. The van der Waals surface area contributed by atoms with E-state index in [1.807, 2.05) is 0 Å². The van der Waals surface area contributed by atoms with Crippen molar-refractivity contribution in [2.24, 2.45) is 5.73 Å². The second-order valence-electron chi connectivity index (χ2n) is 3.89. The SMILES string of the molecule is CCc1nc(C2(N)CCC2)sc1C. The fourth-order valence-electron chi connectivity index (χ4n) is 1.74. The first-order valence-corrected chi connectivity index (χ1v) is 5.73. The number of rotatable bonds is 2. The molecule has 13 heavy (non-hydrogen) atoms. The third-order valence-corrected chi connectivity index (χ3v) is 4.13. The average molecular weight is 196 g/mol. The van der Waals surface area contributed by atoms with E-state index in [1.54, 1.807) is 11.3 Å². The summed E-state index contributed by atoms with van der Waals surface area (Å²) in [6.07, 6.45) is 4.52. The van der Waals surface area contributed by atoms with Gasteiger partial charge in [-0.3, -0.25) is 0 Å². The Morgan fingerprint density at radius 3 is 2.62 bits per heavy atom. The zero-order chi connectivity index (χ0) is 9.47. The fraction of sp³-hybridized carbons (Fsp3) is 0.700. The van der Waals surface area contributed by atoms with Crippen molar-refractivity contribution in [1.29, 1.82) is 0 Å². The van der Waals surface area contributed by atoms with Gasteiger partial charge in [0.25, 0.3) is 0 Å². The quantitative estimate of drug-likeness (QED) is 0.788. The van der Waals surface area contributed by atoms with E-state index in [-0.39, 0.29) is 5.54 Å². The van der Waals surface area contributed by atoms with Crippen LogP contribution < -0.4 is 5.73 Å². The molecule has 0 saturated heterocycles. The molecular formula is C10H16N2S. The Kier molecular flexibility index (Phi) is 2.16. The van der Waals surface area contributed by atoms with Crippen LogP contribution in [-0.2, 0) is 12.0 Å². The molecule has 1 heterocycles. The van der Waals surface area contributed by atoms with Gasteiger partial charge in [-0.25, -0.2) is 4.98 Å². The molecule has 2 N–H and O–H groups in total. The van der Waals surface area contributed by atoms with Gasteiger partial charge in [0.2, 0.25) is 0 Å². The second-order valence-corrected chi connectivity index (χ2v) is 5.09. The number of thiazole rings is 1. The predicted molar refractivity (Wildman–Crippen MR) is 55.9 cm³/mol. The van der Waals surface area contributed by atoms with Gasteiger partial charge < -0.3 is 5.73 Å². The number of hydrogen-bond donors (Lipinski definition) is 1. The van der Waals surface area contributed by atoms with Gasteiger partial charge in [0, 0.05) is 4.88 Å². The van der Waals surface area contributed by atoms with Crippen LogP contribution in [0.3, 0.4) is 0 Å². The standard InChI is InChI=1S/C10H16N2S/c1-3-8-7(2)13-9(12-8)10(11)5-4-6-10/h3-6,11H2,1-2H3. The molecule has 72 valence electrons. The molecule has 1 aliphatic rings. The van der Waals surface area contributed by atoms with Crippen LogP contribution in [0.4, 0.5) is 0 Å². The highest BCUT2D eigenvalue weighted by atomic mass is 32.1. The lowest BCUT2D eigenvalue weighted by Crippen LogP contribution is -2.43. The predicted octanol–water partition coefficient (Wildman–Crippen LogP) is 2.35. The van der Waals surface area contributed by atoms with Crippen LogP contribution >= 0.6 is 11.3 Å². The fourth-order valence-corrected chi connectivity index (χ4v) is 2.90. The first kappa shape index (κ1) is 9.16. The first-order chi connectivity index (χ1) is 6.15. The summed E-state index contributed by atoms with van der Waals surface area (Å²) in [5, 5.41) is 1.16. The van der Waals surface area contributed by atoms with E-state index >= 15 is 0 Å². The van der Waals surface area contributed by atoms with E-state index in [4.69, 9.17) is 5.73 Å². The zero-order valence-corrected chi connectivity index (χ0v) is 9.08. The normalized spacial score (nSPS) is 19.9. The maximum absolute atomic E-state index is 6.21. The van der Waals surface area contributed by atoms with Gasteiger partial charge >= 0.3 is 0 Å². The summed E-state index contributed by atoms with van der Waals surface area (Å²) in [6, 6.07) is 0. The van der Waals surface area contributed by atoms with Crippen molar-refractivity contribution in [3.8, 4) is 0 Å². The smallest absolute Gasteiger partial charge is 0.113 e. The molecule has 0 amide bonds. The molecule has 1 aromatic rings. The lowest BCUT2D eigenvalue weighted by atomic mass is 9.78. The third-order valence-electron chi connectivity index (χ3n) is 2.90. The highest BCUT2D eigenvalue weighted by molar-refractivity contribution is 7.11. The summed E-state index contributed by atoms with van der Waals surface area (Å²) in [6.45, 7) is 4.29. The molecule has 1 fully saturated rings. The molecule has 3 heteroatoms. The summed E-state index contributed by atoms with van der Waals surface area (Å²) in [5.74, 6) is 0. The third kappa shape index (κ3) is 1.40. The molecule has 1 saturated carbocycles. The topological polar surface area (TPSA) is 38.9 Å². The molecule has 1 aromatic heterocycles. The van der Waals surface area contributed by atoms with Crippen LogP contribution in [0.1, 0.15) is 41.8 Å². The Balaban J connectivity index is 2.30. The van der Waals surface area contributed by atoms with Crippen molar-refractivity contribution in [3.05, 3.63) is 15.6 Å². The molecular weight excluding hydrogens is 180 g/mol. The number of hydrogen-bond acceptors (Lipinski definition) is 3. The van der Waals surface area contributed by atoms with E-state index in [9.17, 15) is 0 Å². The summed E-state index contributed by atoms with van der Waals surface area (Å²) < 4.78 is 0. The lowest BCUT2D eigenvalue weighted by molar-refractivity contribution is 0.252. The second kappa shape index (κ2) is 3.07. The molecule has 1 aliphatic carbocycles. The Hall–Kier alpha value is -0.410. The van der Waals surface area contributed by atoms with Crippen LogP contribution in [-0.4, -0.2) is 4.98 Å². The number of nitrogens with zero attached hydrogens (tertiary/aromatic N) is 1. The molecule has 0 aliphatic heterocycles. The average Bonchev–Trinajstić information content (AvgIpc) is 2.43. The van der Waals surface area contributed by atoms with Crippen LogP contribution in [0.25, 0.3) is 0 Å². The Morgan fingerprint density at radius 1 is 1.54 bits per heavy atom. The number of aromatic nitrogens is 1. The number of nitrogens with two attached hydrogens (primary N) is 1. The van der Waals surface area contributed by atoms with Crippen molar-refractivity contribution in [2.45, 2.75) is 45.1 Å². The highest BCUT2D eigenvalue weighted by Gasteiger charge is 2.37. The van der Waals surface area contributed by atoms with Crippen molar-refractivity contribution in [1.82, 2.24) is 4.98 Å². The Bertz CT molecular complexity index is 313. The summed E-state index contributed by atoms with van der Waals surface area (Å²) in [5.41, 5.74) is 7.38. The first-order valence-electron chi connectivity index (χ1n) is 4.91. The van der Waals surface area contributed by atoms with E-state index in [0.29, 0.717) is 0 Å². The largest absolute Gasteiger partial charge is 0.319 e. The van der Waals surface area contributed by atoms with Gasteiger partial charge in [0.15, 0.2) is 0 Å². The van der Waals surface area contributed by atoms with Crippen LogP contribution in [0.5, 0.6) is 0 Å². The lowest BCUT2D eigenvalue weighted by Gasteiger charge is -2.35. The monoisotopic (exact) mass is 196 g/mol. The van der Waals surface area contributed by atoms with E-state index in [0.717, 1.165) is 24.3 Å². The van der Waals surface area contributed by atoms with Gasteiger partial charge in [-0.1, -0.05) is 6.92 Å². The minimum atomic E-state index is -0.0666. The van der Waals surface area contributed by atoms with Crippen molar-refractivity contribution in [3.63, 3.8) is 0 Å². The Labute approximate surface area is 83.2 Å². The summed E-state index contributed by atoms with van der Waals surface area (Å²) in [4.78, 5) is 5.96. The molecule has 0 bridgehead atoms. The van der Waals surface area contributed by atoms with Gasteiger partial charge in [0.1, 0.15) is 5.01 Å². The zero-order valence-electron chi connectivity index (χ0n) is 8.26. The molecule has 0 atom stereocenters. The molecule has 0 radical (unpaired) electrons. The minimum absolute atomic E-state index is 0.0666. The summed E-state index contributed by atoms with van der Waals surface area (Å²) in [7, 11) is 0. The van der Waals surface area contributed by atoms with Gasteiger partial charge in [-0.05, 0) is 32.6 Å². The molecule has 0 spiro atoms. The van der Waals surface area contributed by atoms with Crippen LogP contribution in [0.2, 0.25) is 0 Å². The van der Waals surface area contributed by atoms with Crippen molar-refractivity contribution in [2.75, 3.05) is 0 Å². The van der Waals surface area contributed by atoms with Crippen molar-refractivity contribution >= 4 is 11.3 Å². The Morgan fingerprint density at radius 2 is 2.23 bits per heavy atom. The van der Waals surface area contributed by atoms with Crippen molar-refractivity contribution < 1.29 is 0 Å². The molecule has 2 rings (SSSR count). The minimum Gasteiger partial charge on any atom is -0.319 e. The van der Waals surface area contributed by atoms with Gasteiger partial charge in [-0.15, -0.1) is 11.3 Å². The van der Waals surface area contributed by atoms with Crippen LogP contribution in [0.15, 0.2) is 0 Å². The molecule has 0 aromatic carbocycles. The molecule has 0 unspecified atom stereocenters. The summed E-state index contributed by atoms with van der Waals surface area (Å²) >= 11 is 1.79. The maximum atomic E-state index is 6.21. The van der Waals surface area contributed by atoms with Crippen LogP contribution in [0, 0.1) is 6.92 Å². The van der Waals surface area contributed by atoms with Gasteiger partial charge in [-0.2, -0.15) is 0 Å². The van der Waals surface area contributed by atoms with Gasteiger partial charge in [0.05, 0.1) is 11.2 Å². The molecule has 2 nitrogen and oxygen atoms in total. The van der Waals surface area contributed by atoms with E-state index < -0.39 is 0 Å². The highest BCUT2D eigenvalue weighted by Crippen LogP contribution is 2.41.